The number of hydrogen-bond acceptors (Lipinski definition) is 3. The van der Waals surface area contributed by atoms with Crippen molar-refractivity contribution >= 4 is 5.88 Å². The molecule has 78 valence electrons. The third kappa shape index (κ3) is 1.65. The molecule has 1 heterocycles. The normalized spacial score (nSPS) is 10.6. The number of benzene rings is 1. The van der Waals surface area contributed by atoms with E-state index in [1.165, 1.54) is 6.07 Å². The topological polar surface area (TPSA) is 52.0 Å². The summed E-state index contributed by atoms with van der Waals surface area (Å²) in [4.78, 5) is 0. The summed E-state index contributed by atoms with van der Waals surface area (Å²) in [6, 6.07) is 2.44. The Balaban J connectivity index is 2.62. The number of anilines is 1. The fourth-order valence-electron chi connectivity index (χ4n) is 1.16. The third-order valence-corrected chi connectivity index (χ3v) is 1.80. The first-order chi connectivity index (χ1) is 7.08. The quantitative estimate of drug-likeness (QED) is 0.741. The highest BCUT2D eigenvalue weighted by molar-refractivity contribution is 5.62. The Bertz CT molecular complexity index is 510. The Morgan fingerprint density at radius 3 is 2.47 bits per heavy atom. The number of nitrogen functional groups attached to an aromatic ring is 1. The molecule has 0 saturated carbocycles. The van der Waals surface area contributed by atoms with Crippen LogP contribution >= 0.6 is 0 Å². The molecule has 2 rings (SSSR count). The van der Waals surface area contributed by atoms with E-state index in [-0.39, 0.29) is 17.1 Å². The molecule has 3 nitrogen and oxygen atoms in total. The van der Waals surface area contributed by atoms with Crippen molar-refractivity contribution in [1.29, 1.82) is 0 Å². The van der Waals surface area contributed by atoms with Crippen molar-refractivity contribution in [3.05, 3.63) is 35.7 Å². The maximum Gasteiger partial charge on any atom is 0.222 e. The van der Waals surface area contributed by atoms with Crippen LogP contribution in [0.4, 0.5) is 19.1 Å². The van der Waals surface area contributed by atoms with Crippen LogP contribution in [0.1, 0.15) is 0 Å². The summed E-state index contributed by atoms with van der Waals surface area (Å²) < 4.78 is 43.3. The van der Waals surface area contributed by atoms with Gasteiger partial charge >= 0.3 is 0 Å². The van der Waals surface area contributed by atoms with E-state index in [9.17, 15) is 13.2 Å². The van der Waals surface area contributed by atoms with Crippen LogP contribution in [0, 0.1) is 17.5 Å². The van der Waals surface area contributed by atoms with Crippen molar-refractivity contribution < 1.29 is 17.7 Å². The lowest BCUT2D eigenvalue weighted by atomic mass is 10.1. The predicted molar refractivity (Wildman–Crippen MR) is 46.2 cm³/mol. The van der Waals surface area contributed by atoms with E-state index in [4.69, 9.17) is 5.73 Å². The summed E-state index contributed by atoms with van der Waals surface area (Å²) in [6.45, 7) is 0. The molecule has 1 aromatic carbocycles. The Morgan fingerprint density at radius 1 is 1.13 bits per heavy atom. The zero-order valence-electron chi connectivity index (χ0n) is 7.30. The molecule has 2 N–H and O–H groups in total. The summed E-state index contributed by atoms with van der Waals surface area (Å²) in [5.74, 6) is -3.43. The highest BCUT2D eigenvalue weighted by Gasteiger charge is 2.15. The van der Waals surface area contributed by atoms with Crippen molar-refractivity contribution in [2.45, 2.75) is 0 Å². The molecular formula is C9H5F3N2O. The lowest BCUT2D eigenvalue weighted by Gasteiger charge is -1.99. The summed E-state index contributed by atoms with van der Waals surface area (Å²) in [7, 11) is 0. The van der Waals surface area contributed by atoms with Crippen molar-refractivity contribution in [1.82, 2.24) is 5.16 Å². The minimum absolute atomic E-state index is 0.0524. The van der Waals surface area contributed by atoms with Gasteiger partial charge in [0.1, 0.15) is 11.5 Å². The fourth-order valence-corrected chi connectivity index (χ4v) is 1.16. The van der Waals surface area contributed by atoms with Gasteiger partial charge in [-0.1, -0.05) is 5.16 Å². The maximum absolute atomic E-state index is 13.2. The second-order valence-corrected chi connectivity index (χ2v) is 2.86. The van der Waals surface area contributed by atoms with Gasteiger partial charge < -0.3 is 10.3 Å². The smallest absolute Gasteiger partial charge is 0.222 e. The highest BCUT2D eigenvalue weighted by atomic mass is 19.2. The first kappa shape index (κ1) is 9.57. The van der Waals surface area contributed by atoms with Crippen molar-refractivity contribution in [3.63, 3.8) is 0 Å². The molecule has 0 amide bonds. The Kier molecular flexibility index (Phi) is 2.11. The maximum atomic E-state index is 13.2. The second-order valence-electron chi connectivity index (χ2n) is 2.86. The summed E-state index contributed by atoms with van der Waals surface area (Å²) in [5, 5.41) is 3.36. The van der Waals surface area contributed by atoms with E-state index in [2.05, 4.69) is 9.68 Å². The van der Waals surface area contributed by atoms with Crippen LogP contribution in [0.25, 0.3) is 11.3 Å². The second kappa shape index (κ2) is 3.30. The van der Waals surface area contributed by atoms with Gasteiger partial charge in [0, 0.05) is 17.7 Å². The number of rotatable bonds is 1. The first-order valence-corrected chi connectivity index (χ1v) is 3.95. The minimum Gasteiger partial charge on any atom is -0.368 e. The fraction of sp³-hybridized carbons (Fsp3) is 0. The summed E-state index contributed by atoms with van der Waals surface area (Å²) >= 11 is 0. The molecule has 0 bridgehead atoms. The number of aromatic nitrogens is 1. The van der Waals surface area contributed by atoms with Gasteiger partial charge in [-0.05, 0) is 6.07 Å². The average molecular weight is 214 g/mol. The van der Waals surface area contributed by atoms with Crippen LogP contribution in [-0.4, -0.2) is 5.16 Å². The molecule has 0 unspecified atom stereocenters. The van der Waals surface area contributed by atoms with Gasteiger partial charge in [-0.2, -0.15) is 0 Å². The van der Waals surface area contributed by atoms with E-state index in [1.54, 1.807) is 0 Å². The molecule has 6 heteroatoms. The van der Waals surface area contributed by atoms with Gasteiger partial charge in [0.2, 0.25) is 5.88 Å². The Labute approximate surface area is 82.3 Å². The number of nitrogens with two attached hydrogens (primary N) is 1. The third-order valence-electron chi connectivity index (χ3n) is 1.80. The van der Waals surface area contributed by atoms with Crippen molar-refractivity contribution in [2.24, 2.45) is 0 Å². The number of hydrogen-bond donors (Lipinski definition) is 1. The molecule has 0 aliphatic rings. The van der Waals surface area contributed by atoms with Gasteiger partial charge in [-0.3, -0.25) is 0 Å². The Hall–Kier alpha value is -1.98. The number of halogens is 3. The predicted octanol–water partition coefficient (Wildman–Crippen LogP) is 2.34. The largest absolute Gasteiger partial charge is 0.368 e. The molecule has 15 heavy (non-hydrogen) atoms. The van der Waals surface area contributed by atoms with Crippen LogP contribution in [0.2, 0.25) is 0 Å². The van der Waals surface area contributed by atoms with Crippen molar-refractivity contribution in [2.75, 3.05) is 5.73 Å². The Morgan fingerprint density at radius 2 is 1.87 bits per heavy atom. The number of nitrogens with zero attached hydrogens (tertiary/aromatic N) is 1. The first-order valence-electron chi connectivity index (χ1n) is 3.95. The van der Waals surface area contributed by atoms with Gasteiger partial charge in [0.05, 0.1) is 0 Å². The van der Waals surface area contributed by atoms with Crippen LogP contribution in [0.15, 0.2) is 22.7 Å². The van der Waals surface area contributed by atoms with E-state index in [1.807, 2.05) is 0 Å². The van der Waals surface area contributed by atoms with E-state index >= 15 is 0 Å². The van der Waals surface area contributed by atoms with E-state index in [0.29, 0.717) is 6.07 Å². The van der Waals surface area contributed by atoms with Crippen LogP contribution in [0.5, 0.6) is 0 Å². The standard InChI is InChI=1S/C9H5F3N2O/c10-4-1-5(9(12)6(11)2-4)7-3-8(13)15-14-7/h1-3H,13H2. The molecular weight excluding hydrogens is 209 g/mol. The summed E-state index contributed by atoms with van der Waals surface area (Å²) in [5.41, 5.74) is 4.82. The van der Waals surface area contributed by atoms with Gasteiger partial charge in [-0.15, -0.1) is 0 Å². The molecule has 0 fully saturated rings. The summed E-state index contributed by atoms with van der Waals surface area (Å²) in [6.07, 6.45) is 0. The van der Waals surface area contributed by atoms with Gasteiger partial charge in [0.15, 0.2) is 11.6 Å². The van der Waals surface area contributed by atoms with E-state index < -0.39 is 17.5 Å². The molecule has 0 spiro atoms. The van der Waals surface area contributed by atoms with Crippen LogP contribution in [0.3, 0.4) is 0 Å². The highest BCUT2D eigenvalue weighted by Crippen LogP contribution is 2.25. The SMILES string of the molecule is Nc1cc(-c2cc(F)cc(F)c2F)no1. The van der Waals surface area contributed by atoms with Gasteiger partial charge in [-0.25, -0.2) is 13.2 Å². The van der Waals surface area contributed by atoms with E-state index in [0.717, 1.165) is 6.07 Å². The molecule has 0 aliphatic carbocycles. The molecule has 0 atom stereocenters. The molecule has 0 saturated heterocycles. The lowest BCUT2D eigenvalue weighted by Crippen LogP contribution is -1.92. The zero-order valence-corrected chi connectivity index (χ0v) is 7.30. The molecule has 2 aromatic rings. The van der Waals surface area contributed by atoms with Crippen LogP contribution in [-0.2, 0) is 0 Å². The monoisotopic (exact) mass is 214 g/mol. The zero-order chi connectivity index (χ0) is 11.0. The molecule has 1 aromatic heterocycles. The molecule has 0 radical (unpaired) electrons. The van der Waals surface area contributed by atoms with Crippen LogP contribution < -0.4 is 5.73 Å². The molecule has 0 aliphatic heterocycles. The lowest BCUT2D eigenvalue weighted by molar-refractivity contribution is 0.437. The average Bonchev–Trinajstić information content (AvgIpc) is 2.58. The van der Waals surface area contributed by atoms with Gasteiger partial charge in [0.25, 0.3) is 0 Å². The van der Waals surface area contributed by atoms with Crippen molar-refractivity contribution in [3.8, 4) is 11.3 Å². The minimum atomic E-state index is -1.29.